The highest BCUT2D eigenvalue weighted by Gasteiger charge is 2.17. The summed E-state index contributed by atoms with van der Waals surface area (Å²) >= 11 is 1.73. The number of nitrogens with one attached hydrogen (secondary N) is 1. The third-order valence-electron chi connectivity index (χ3n) is 3.69. The molecular weight excluding hydrogens is 302 g/mol. The number of carbonyl (C=O) groups excluding carboxylic acids is 1. The molecule has 122 valence electrons. The lowest BCUT2D eigenvalue weighted by atomic mass is 10.0. The molecule has 0 bridgehead atoms. The number of hydrogen-bond donors (Lipinski definition) is 1. The molecular formula is C20H25NOS. The van der Waals surface area contributed by atoms with Crippen molar-refractivity contribution in [2.45, 2.75) is 50.3 Å². The fourth-order valence-electron chi connectivity index (χ4n) is 2.47. The molecule has 0 aromatic heterocycles. The van der Waals surface area contributed by atoms with Crippen LogP contribution in [-0.2, 0) is 0 Å². The molecule has 23 heavy (non-hydrogen) atoms. The van der Waals surface area contributed by atoms with Gasteiger partial charge in [-0.3, -0.25) is 4.79 Å². The number of thioether (sulfide) groups is 1. The molecule has 1 unspecified atom stereocenters. The minimum Gasteiger partial charge on any atom is -0.345 e. The molecule has 0 aliphatic carbocycles. The van der Waals surface area contributed by atoms with Gasteiger partial charge in [-0.25, -0.2) is 0 Å². The lowest BCUT2D eigenvalue weighted by molar-refractivity contribution is 0.0932. The van der Waals surface area contributed by atoms with E-state index in [-0.39, 0.29) is 11.9 Å². The standard InChI is InChI=1S/C20H25NOS/c1-5-18(16-12-10-15(4)11-13-16)21-20(22)17-8-6-7-9-19(17)23-14(2)3/h6-14,18H,5H2,1-4H3,(H,21,22). The second-order valence-electron chi connectivity index (χ2n) is 6.01. The SMILES string of the molecule is CCC(NC(=O)c1ccccc1SC(C)C)c1ccc(C)cc1. The molecule has 2 nitrogen and oxygen atoms in total. The van der Waals surface area contributed by atoms with E-state index in [0.717, 1.165) is 22.4 Å². The van der Waals surface area contributed by atoms with E-state index in [4.69, 9.17) is 0 Å². The fourth-order valence-corrected chi connectivity index (χ4v) is 3.42. The quantitative estimate of drug-likeness (QED) is 0.722. The Bertz CT molecular complexity index is 649. The first-order valence-corrected chi connectivity index (χ1v) is 9.02. The van der Waals surface area contributed by atoms with Crippen molar-refractivity contribution in [3.63, 3.8) is 0 Å². The van der Waals surface area contributed by atoms with Crippen LogP contribution < -0.4 is 5.32 Å². The molecule has 0 saturated heterocycles. The van der Waals surface area contributed by atoms with E-state index in [1.165, 1.54) is 5.56 Å². The zero-order valence-electron chi connectivity index (χ0n) is 14.3. The lowest BCUT2D eigenvalue weighted by Gasteiger charge is -2.19. The van der Waals surface area contributed by atoms with Gasteiger partial charge in [-0.15, -0.1) is 11.8 Å². The Morgan fingerprint density at radius 3 is 2.35 bits per heavy atom. The van der Waals surface area contributed by atoms with Crippen molar-refractivity contribution in [2.24, 2.45) is 0 Å². The largest absolute Gasteiger partial charge is 0.345 e. The van der Waals surface area contributed by atoms with Gasteiger partial charge in [0.05, 0.1) is 11.6 Å². The van der Waals surface area contributed by atoms with Crippen LogP contribution in [0.2, 0.25) is 0 Å². The van der Waals surface area contributed by atoms with Gasteiger partial charge in [0.2, 0.25) is 0 Å². The van der Waals surface area contributed by atoms with Crippen molar-refractivity contribution >= 4 is 17.7 Å². The number of hydrogen-bond acceptors (Lipinski definition) is 2. The van der Waals surface area contributed by atoms with Crippen LogP contribution in [0, 0.1) is 6.92 Å². The Morgan fingerprint density at radius 1 is 1.09 bits per heavy atom. The zero-order valence-corrected chi connectivity index (χ0v) is 15.1. The average Bonchev–Trinajstić information content (AvgIpc) is 2.53. The Balaban J connectivity index is 2.18. The summed E-state index contributed by atoms with van der Waals surface area (Å²) in [5.41, 5.74) is 3.14. The molecule has 0 aliphatic rings. The second kappa shape index (κ2) is 8.21. The molecule has 3 heteroatoms. The van der Waals surface area contributed by atoms with Crippen LogP contribution in [0.1, 0.15) is 54.7 Å². The lowest BCUT2D eigenvalue weighted by Crippen LogP contribution is -2.28. The summed E-state index contributed by atoms with van der Waals surface area (Å²) < 4.78 is 0. The minimum atomic E-state index is 0.00109. The minimum absolute atomic E-state index is 0.00109. The van der Waals surface area contributed by atoms with Crippen LogP contribution in [0.4, 0.5) is 0 Å². The molecule has 2 aromatic rings. The highest BCUT2D eigenvalue weighted by molar-refractivity contribution is 8.00. The molecule has 1 amide bonds. The molecule has 2 aromatic carbocycles. The first-order chi connectivity index (χ1) is 11.0. The third kappa shape index (κ3) is 4.87. The van der Waals surface area contributed by atoms with Gasteiger partial charge in [0.15, 0.2) is 0 Å². The van der Waals surface area contributed by atoms with E-state index in [2.05, 4.69) is 57.3 Å². The molecule has 1 N–H and O–H groups in total. The van der Waals surface area contributed by atoms with Gasteiger partial charge < -0.3 is 5.32 Å². The molecule has 0 saturated carbocycles. The predicted molar refractivity (Wildman–Crippen MR) is 99.1 cm³/mol. The number of amides is 1. The van der Waals surface area contributed by atoms with Crippen LogP contribution >= 0.6 is 11.8 Å². The zero-order chi connectivity index (χ0) is 16.8. The van der Waals surface area contributed by atoms with Crippen LogP contribution in [0.5, 0.6) is 0 Å². The maximum Gasteiger partial charge on any atom is 0.252 e. The summed E-state index contributed by atoms with van der Waals surface area (Å²) in [7, 11) is 0. The van der Waals surface area contributed by atoms with Gasteiger partial charge in [-0.1, -0.05) is 62.7 Å². The van der Waals surface area contributed by atoms with Gasteiger partial charge >= 0.3 is 0 Å². The monoisotopic (exact) mass is 327 g/mol. The number of carbonyl (C=O) groups is 1. The average molecular weight is 327 g/mol. The summed E-state index contributed by atoms with van der Waals surface area (Å²) in [6.45, 7) is 8.45. The maximum absolute atomic E-state index is 12.7. The normalized spacial score (nSPS) is 12.2. The van der Waals surface area contributed by atoms with E-state index in [1.807, 2.05) is 24.3 Å². The summed E-state index contributed by atoms with van der Waals surface area (Å²) in [6, 6.07) is 16.2. The van der Waals surface area contributed by atoms with Crippen molar-refractivity contribution in [1.82, 2.24) is 5.32 Å². The predicted octanol–water partition coefficient (Wildman–Crippen LogP) is 5.38. The molecule has 0 aliphatic heterocycles. The van der Waals surface area contributed by atoms with Crippen LogP contribution in [0.25, 0.3) is 0 Å². The Hall–Kier alpha value is -1.74. The first kappa shape index (κ1) is 17.6. The van der Waals surface area contributed by atoms with Gasteiger partial charge in [-0.2, -0.15) is 0 Å². The molecule has 0 radical (unpaired) electrons. The number of aryl methyl sites for hydroxylation is 1. The van der Waals surface area contributed by atoms with Gasteiger partial charge in [0.1, 0.15) is 0 Å². The van der Waals surface area contributed by atoms with Gasteiger partial charge in [0.25, 0.3) is 5.91 Å². The number of benzene rings is 2. The molecule has 1 atom stereocenters. The van der Waals surface area contributed by atoms with Gasteiger partial charge in [0, 0.05) is 10.1 Å². The summed E-state index contributed by atoms with van der Waals surface area (Å²) in [5.74, 6) is 0.00109. The van der Waals surface area contributed by atoms with E-state index in [1.54, 1.807) is 11.8 Å². The van der Waals surface area contributed by atoms with Crippen molar-refractivity contribution in [3.05, 3.63) is 65.2 Å². The smallest absolute Gasteiger partial charge is 0.252 e. The highest BCUT2D eigenvalue weighted by Crippen LogP contribution is 2.27. The number of rotatable bonds is 6. The summed E-state index contributed by atoms with van der Waals surface area (Å²) in [4.78, 5) is 13.8. The Morgan fingerprint density at radius 2 is 1.74 bits per heavy atom. The van der Waals surface area contributed by atoms with Crippen molar-refractivity contribution < 1.29 is 4.79 Å². The van der Waals surface area contributed by atoms with Crippen LogP contribution in [0.3, 0.4) is 0 Å². The molecule has 0 spiro atoms. The first-order valence-electron chi connectivity index (χ1n) is 8.14. The van der Waals surface area contributed by atoms with Crippen LogP contribution in [-0.4, -0.2) is 11.2 Å². The van der Waals surface area contributed by atoms with Crippen molar-refractivity contribution in [3.8, 4) is 0 Å². The topological polar surface area (TPSA) is 29.1 Å². The second-order valence-corrected chi connectivity index (χ2v) is 7.63. The van der Waals surface area contributed by atoms with E-state index in [0.29, 0.717) is 5.25 Å². The summed E-state index contributed by atoms with van der Waals surface area (Å²) in [6.07, 6.45) is 0.869. The molecule has 2 rings (SSSR count). The molecule has 0 heterocycles. The van der Waals surface area contributed by atoms with Crippen molar-refractivity contribution in [2.75, 3.05) is 0 Å². The van der Waals surface area contributed by atoms with Gasteiger partial charge in [-0.05, 0) is 31.0 Å². The van der Waals surface area contributed by atoms with Crippen LogP contribution in [0.15, 0.2) is 53.4 Å². The van der Waals surface area contributed by atoms with E-state index < -0.39 is 0 Å². The third-order valence-corrected chi connectivity index (χ3v) is 4.77. The Kier molecular flexibility index (Phi) is 6.28. The Labute approximate surface area is 143 Å². The van der Waals surface area contributed by atoms with E-state index >= 15 is 0 Å². The highest BCUT2D eigenvalue weighted by atomic mass is 32.2. The fraction of sp³-hybridized carbons (Fsp3) is 0.350. The van der Waals surface area contributed by atoms with E-state index in [9.17, 15) is 4.79 Å². The summed E-state index contributed by atoms with van der Waals surface area (Å²) in [5, 5.41) is 3.63. The molecule has 0 fully saturated rings. The van der Waals surface area contributed by atoms with Crippen molar-refractivity contribution in [1.29, 1.82) is 0 Å². The maximum atomic E-state index is 12.7.